The van der Waals surface area contributed by atoms with Gasteiger partial charge >= 0.3 is 6.03 Å². The zero-order valence-corrected chi connectivity index (χ0v) is 13.7. The third kappa shape index (κ3) is 4.90. The van der Waals surface area contributed by atoms with E-state index < -0.39 is 23.8 Å². The Morgan fingerprint density at radius 2 is 2.00 bits per heavy atom. The quantitative estimate of drug-likeness (QED) is 0.223. The van der Waals surface area contributed by atoms with Crippen LogP contribution in [0.5, 0.6) is 0 Å². The highest BCUT2D eigenvalue weighted by molar-refractivity contribution is 6.17. The monoisotopic (exact) mass is 323 g/mol. The van der Waals surface area contributed by atoms with Crippen molar-refractivity contribution in [2.75, 3.05) is 32.7 Å². The minimum Gasteiger partial charge on any atom is -0.325 e. The molecule has 0 aromatic carbocycles. The van der Waals surface area contributed by atoms with E-state index in [4.69, 9.17) is 0 Å². The molecule has 1 fully saturated rings. The summed E-state index contributed by atoms with van der Waals surface area (Å²) in [6.45, 7) is 14.7. The highest BCUT2D eigenvalue weighted by atomic mass is 16.2. The second-order valence-electron chi connectivity index (χ2n) is 5.07. The van der Waals surface area contributed by atoms with Crippen molar-refractivity contribution in [3.05, 3.63) is 24.9 Å². The average Bonchev–Trinajstić information content (AvgIpc) is 2.51. The minimum absolute atomic E-state index is 0.0388. The van der Waals surface area contributed by atoms with Crippen LogP contribution in [0.15, 0.2) is 24.9 Å². The molecule has 1 aliphatic rings. The zero-order valence-electron chi connectivity index (χ0n) is 13.7. The summed E-state index contributed by atoms with van der Waals surface area (Å²) >= 11 is 0. The number of imide groups is 2. The molecule has 1 atom stereocenters. The van der Waals surface area contributed by atoms with Gasteiger partial charge in [0.25, 0.3) is 0 Å². The maximum absolute atomic E-state index is 12.3. The second kappa shape index (κ2) is 9.06. The molecule has 4 amide bonds. The Labute approximate surface area is 136 Å². The van der Waals surface area contributed by atoms with Crippen molar-refractivity contribution >= 4 is 17.8 Å². The van der Waals surface area contributed by atoms with E-state index in [1.54, 1.807) is 0 Å². The molecule has 1 aliphatic heterocycles. The van der Waals surface area contributed by atoms with E-state index in [-0.39, 0.29) is 12.2 Å². The third-order valence-corrected chi connectivity index (χ3v) is 3.61. The predicted octanol–water partition coefficient (Wildman–Crippen LogP) is -0.183. The number of hydrazine groups is 1. The number of rotatable bonds is 10. The van der Waals surface area contributed by atoms with E-state index in [2.05, 4.69) is 48.1 Å². The lowest BCUT2D eigenvalue weighted by atomic mass is 10.0. The van der Waals surface area contributed by atoms with Crippen LogP contribution in [0.4, 0.5) is 4.79 Å². The first-order valence-electron chi connectivity index (χ1n) is 7.63. The van der Waals surface area contributed by atoms with Crippen molar-refractivity contribution in [3.63, 3.8) is 0 Å². The first kappa shape index (κ1) is 18.9. The molecule has 1 heterocycles. The smallest absolute Gasteiger partial charge is 0.325 e. The van der Waals surface area contributed by atoms with Gasteiger partial charge in [0.1, 0.15) is 0 Å². The fourth-order valence-corrected chi connectivity index (χ4v) is 2.22. The van der Waals surface area contributed by atoms with Crippen molar-refractivity contribution in [2.45, 2.75) is 13.8 Å². The van der Waals surface area contributed by atoms with Gasteiger partial charge in [0.05, 0.1) is 0 Å². The number of hydrogen-bond acceptors (Lipinski definition) is 6. The Kier molecular flexibility index (Phi) is 7.43. The van der Waals surface area contributed by atoms with Gasteiger partial charge in [0.15, 0.2) is 5.92 Å². The molecule has 1 saturated heterocycles. The summed E-state index contributed by atoms with van der Waals surface area (Å²) in [6, 6.07) is -0.738. The summed E-state index contributed by atoms with van der Waals surface area (Å²) in [5, 5.41) is 2.15. The Bertz CT molecular complexity index is 488. The van der Waals surface area contributed by atoms with Crippen molar-refractivity contribution < 1.29 is 14.4 Å². The molecule has 0 spiro atoms. The topological polar surface area (TPSA) is 93.8 Å². The molecule has 128 valence electrons. The Hall–Kier alpha value is -2.19. The van der Waals surface area contributed by atoms with Crippen molar-refractivity contribution in [1.82, 2.24) is 26.0 Å². The Morgan fingerprint density at radius 3 is 2.57 bits per heavy atom. The van der Waals surface area contributed by atoms with E-state index in [0.717, 1.165) is 24.5 Å². The number of nitrogens with zero attached hydrogens (tertiary/aromatic N) is 2. The standard InChI is InChI=1S/C15H25N5O3/c1-5-9-20-14(22)12(13(21)17-15(20)23)11(4)18-16-8-10-19(6-2)7-3/h5,12,16,18H,1,4,6-10H2,2-3H3,(H,17,21,23)/t12-/m0/s1. The van der Waals surface area contributed by atoms with Crippen molar-refractivity contribution in [2.24, 2.45) is 5.92 Å². The van der Waals surface area contributed by atoms with Gasteiger partial charge in [0, 0.05) is 25.3 Å². The molecular weight excluding hydrogens is 298 g/mol. The first-order chi connectivity index (χ1) is 11.0. The molecule has 0 aromatic heterocycles. The maximum Gasteiger partial charge on any atom is 0.331 e. The Balaban J connectivity index is 2.56. The maximum atomic E-state index is 12.3. The van der Waals surface area contributed by atoms with Gasteiger partial charge in [-0.25, -0.2) is 10.2 Å². The number of urea groups is 1. The number of barbiturate groups is 1. The molecule has 0 radical (unpaired) electrons. The summed E-state index contributed by atoms with van der Waals surface area (Å²) in [7, 11) is 0. The van der Waals surface area contributed by atoms with Crippen molar-refractivity contribution in [1.29, 1.82) is 0 Å². The van der Waals surface area contributed by atoms with E-state index >= 15 is 0 Å². The van der Waals surface area contributed by atoms with Gasteiger partial charge in [-0.3, -0.25) is 19.8 Å². The molecule has 8 heteroatoms. The second-order valence-corrected chi connectivity index (χ2v) is 5.07. The summed E-state index contributed by atoms with van der Waals surface area (Å²) in [4.78, 5) is 39.0. The molecule has 0 bridgehead atoms. The Morgan fingerprint density at radius 1 is 1.35 bits per heavy atom. The SMILES string of the molecule is C=CCN1C(=O)NC(=O)[C@H](C(=C)NNCCN(CC)CC)C1=O. The van der Waals surface area contributed by atoms with Gasteiger partial charge in [-0.05, 0) is 13.1 Å². The molecule has 23 heavy (non-hydrogen) atoms. The summed E-state index contributed by atoms with van der Waals surface area (Å²) in [5.74, 6) is -2.43. The molecule has 0 unspecified atom stereocenters. The van der Waals surface area contributed by atoms with E-state index in [0.29, 0.717) is 6.54 Å². The highest BCUT2D eigenvalue weighted by Gasteiger charge is 2.41. The molecular formula is C15H25N5O3. The van der Waals surface area contributed by atoms with E-state index in [1.165, 1.54) is 6.08 Å². The van der Waals surface area contributed by atoms with Gasteiger partial charge in [-0.2, -0.15) is 0 Å². The summed E-state index contributed by atoms with van der Waals surface area (Å²) in [5.41, 5.74) is 5.91. The van der Waals surface area contributed by atoms with Gasteiger partial charge in [0.2, 0.25) is 11.8 Å². The van der Waals surface area contributed by atoms with Crippen LogP contribution < -0.4 is 16.2 Å². The fourth-order valence-electron chi connectivity index (χ4n) is 2.22. The predicted molar refractivity (Wildman–Crippen MR) is 87.0 cm³/mol. The minimum atomic E-state index is -1.14. The van der Waals surface area contributed by atoms with E-state index in [9.17, 15) is 14.4 Å². The fraction of sp³-hybridized carbons (Fsp3) is 0.533. The van der Waals surface area contributed by atoms with Crippen LogP contribution in [0.3, 0.4) is 0 Å². The molecule has 8 nitrogen and oxygen atoms in total. The molecule has 0 aliphatic carbocycles. The van der Waals surface area contributed by atoms with Crippen molar-refractivity contribution in [3.8, 4) is 0 Å². The van der Waals surface area contributed by atoms with Crippen LogP contribution in [-0.4, -0.2) is 60.4 Å². The zero-order chi connectivity index (χ0) is 17.4. The molecule has 3 N–H and O–H groups in total. The van der Waals surface area contributed by atoms with Crippen LogP contribution in [-0.2, 0) is 9.59 Å². The largest absolute Gasteiger partial charge is 0.331 e. The highest BCUT2D eigenvalue weighted by Crippen LogP contribution is 2.15. The normalized spacial score (nSPS) is 18.1. The lowest BCUT2D eigenvalue weighted by Crippen LogP contribution is -2.59. The number of carbonyl (C=O) groups is 3. The number of amides is 4. The molecule has 0 aromatic rings. The third-order valence-electron chi connectivity index (χ3n) is 3.61. The van der Waals surface area contributed by atoms with Crippen LogP contribution in [0.1, 0.15) is 13.8 Å². The van der Waals surface area contributed by atoms with Crippen LogP contribution in [0.25, 0.3) is 0 Å². The van der Waals surface area contributed by atoms with Crippen LogP contribution in [0, 0.1) is 5.92 Å². The lowest BCUT2D eigenvalue weighted by Gasteiger charge is -2.30. The van der Waals surface area contributed by atoms with Crippen LogP contribution >= 0.6 is 0 Å². The van der Waals surface area contributed by atoms with Gasteiger partial charge in [-0.1, -0.05) is 26.5 Å². The molecule has 0 saturated carbocycles. The molecule has 1 rings (SSSR count). The summed E-state index contributed by atoms with van der Waals surface area (Å²) < 4.78 is 0. The number of nitrogens with one attached hydrogen (secondary N) is 3. The van der Waals surface area contributed by atoms with Gasteiger partial charge in [-0.15, -0.1) is 6.58 Å². The average molecular weight is 323 g/mol. The number of hydrogen-bond donors (Lipinski definition) is 3. The number of carbonyl (C=O) groups excluding carboxylic acids is 3. The van der Waals surface area contributed by atoms with E-state index in [1.807, 2.05) is 0 Å². The van der Waals surface area contributed by atoms with Gasteiger partial charge < -0.3 is 10.3 Å². The first-order valence-corrected chi connectivity index (χ1v) is 7.63. The lowest BCUT2D eigenvalue weighted by molar-refractivity contribution is -0.140. The summed E-state index contributed by atoms with van der Waals surface area (Å²) in [6.07, 6.45) is 1.42. The number of likely N-dealkylation sites (N-methyl/N-ethyl adjacent to an activating group) is 1. The van der Waals surface area contributed by atoms with Crippen LogP contribution in [0.2, 0.25) is 0 Å².